The Morgan fingerprint density at radius 1 is 1.25 bits per heavy atom. The van der Waals surface area contributed by atoms with E-state index in [0.717, 1.165) is 48.9 Å². The molecule has 1 unspecified atom stereocenters. The number of aliphatic imine (C=N–C) groups is 1. The summed E-state index contributed by atoms with van der Waals surface area (Å²) < 4.78 is 13.3. The fraction of sp³-hybridized carbons (Fsp3) is 0.583. The lowest BCUT2D eigenvalue weighted by Crippen LogP contribution is -2.54. The molecule has 0 saturated heterocycles. The molecule has 1 aliphatic rings. The Kier molecular flexibility index (Phi) is 6.84. The van der Waals surface area contributed by atoms with Gasteiger partial charge in [-0.05, 0) is 75.5 Å². The van der Waals surface area contributed by atoms with E-state index in [1.54, 1.807) is 12.1 Å². The van der Waals surface area contributed by atoms with Crippen LogP contribution < -0.4 is 0 Å². The van der Waals surface area contributed by atoms with E-state index in [1.807, 2.05) is 25.7 Å². The maximum Gasteiger partial charge on any atom is 0.212 e. The van der Waals surface area contributed by atoms with Crippen LogP contribution in [0.3, 0.4) is 0 Å². The summed E-state index contributed by atoms with van der Waals surface area (Å²) in [7, 11) is 0. The molecule has 1 amide bonds. The molecule has 1 fully saturated rings. The highest BCUT2D eigenvalue weighted by atomic mass is 19.1. The molecule has 0 heterocycles. The van der Waals surface area contributed by atoms with Gasteiger partial charge in [0.1, 0.15) is 11.5 Å². The molecule has 1 aliphatic carbocycles. The predicted molar refractivity (Wildman–Crippen MR) is 115 cm³/mol. The Morgan fingerprint density at radius 3 is 2.21 bits per heavy atom. The first-order valence-corrected chi connectivity index (χ1v) is 10.2. The van der Waals surface area contributed by atoms with Crippen molar-refractivity contribution in [3.63, 3.8) is 0 Å². The Hall–Kier alpha value is -1.97. The van der Waals surface area contributed by atoms with Gasteiger partial charge in [-0.15, -0.1) is 0 Å². The van der Waals surface area contributed by atoms with Crippen LogP contribution in [0.5, 0.6) is 0 Å². The zero-order chi connectivity index (χ0) is 21.1. The predicted octanol–water partition coefficient (Wildman–Crippen LogP) is 5.99. The number of benzene rings is 1. The first-order valence-electron chi connectivity index (χ1n) is 10.2. The van der Waals surface area contributed by atoms with Gasteiger partial charge >= 0.3 is 0 Å². The Morgan fingerprint density at radius 2 is 1.79 bits per heavy atom. The largest absolute Gasteiger partial charge is 0.314 e. The second kappa shape index (κ2) is 8.59. The summed E-state index contributed by atoms with van der Waals surface area (Å²) in [6, 6.07) is 6.30. The van der Waals surface area contributed by atoms with Crippen molar-refractivity contribution >= 4 is 12.1 Å². The van der Waals surface area contributed by atoms with Crippen LogP contribution in [0.25, 0.3) is 0 Å². The van der Waals surface area contributed by atoms with E-state index in [-0.39, 0.29) is 17.3 Å². The average molecular weight is 387 g/mol. The van der Waals surface area contributed by atoms with Crippen LogP contribution in [0.4, 0.5) is 4.39 Å². The molecule has 2 rings (SSSR count). The standard InChI is InChI=1S/C24H35FN2O/c1-17(2)19(4)27(16-28)24(14-12-21(13-15-24)23(5,6)7)26-18(3)20-8-10-22(25)11-9-20/h8-11,16,19,21H,1,12-15H2,2-7H3/b26-18+. The number of hydrogen-bond donors (Lipinski definition) is 0. The van der Waals surface area contributed by atoms with Crippen molar-refractivity contribution in [3.8, 4) is 0 Å². The SMILES string of the molecule is C=C(C)C(C)N(C=O)C1(/N=C(\C)c2ccc(F)cc2)CCC(C(C)(C)C)CC1. The fourth-order valence-corrected chi connectivity index (χ4v) is 4.23. The number of amides is 1. The maximum atomic E-state index is 13.3. The number of carbonyl (C=O) groups is 1. The van der Waals surface area contributed by atoms with Crippen LogP contribution in [0.2, 0.25) is 0 Å². The molecular formula is C24H35FN2O. The molecule has 3 nitrogen and oxygen atoms in total. The van der Waals surface area contributed by atoms with Gasteiger partial charge in [0, 0.05) is 5.71 Å². The lowest BCUT2D eigenvalue weighted by atomic mass is 9.69. The number of hydrogen-bond acceptors (Lipinski definition) is 2. The molecule has 1 saturated carbocycles. The van der Waals surface area contributed by atoms with Gasteiger partial charge in [0.25, 0.3) is 0 Å². The van der Waals surface area contributed by atoms with Crippen LogP contribution in [-0.2, 0) is 4.79 Å². The number of halogens is 1. The molecule has 1 atom stereocenters. The van der Waals surface area contributed by atoms with Crippen molar-refractivity contribution in [2.45, 2.75) is 78.9 Å². The van der Waals surface area contributed by atoms with Gasteiger partial charge in [-0.25, -0.2) is 4.39 Å². The van der Waals surface area contributed by atoms with Crippen LogP contribution in [0.15, 0.2) is 41.4 Å². The molecule has 4 heteroatoms. The van der Waals surface area contributed by atoms with Crippen LogP contribution >= 0.6 is 0 Å². The summed E-state index contributed by atoms with van der Waals surface area (Å²) in [6.07, 6.45) is 4.62. The average Bonchev–Trinajstić information content (AvgIpc) is 2.62. The molecule has 0 aliphatic heterocycles. The highest BCUT2D eigenvalue weighted by Gasteiger charge is 2.44. The van der Waals surface area contributed by atoms with Crippen molar-refractivity contribution in [2.75, 3.05) is 0 Å². The van der Waals surface area contributed by atoms with Crippen molar-refractivity contribution < 1.29 is 9.18 Å². The monoisotopic (exact) mass is 386 g/mol. The van der Waals surface area contributed by atoms with Gasteiger partial charge < -0.3 is 4.90 Å². The van der Waals surface area contributed by atoms with Crippen molar-refractivity contribution in [1.82, 2.24) is 4.90 Å². The Labute approximate surface area is 169 Å². The lowest BCUT2D eigenvalue weighted by molar-refractivity contribution is -0.128. The minimum Gasteiger partial charge on any atom is -0.314 e. The molecular weight excluding hydrogens is 351 g/mol. The summed E-state index contributed by atoms with van der Waals surface area (Å²) in [6.45, 7) is 16.8. The van der Waals surface area contributed by atoms with Crippen molar-refractivity contribution in [3.05, 3.63) is 47.8 Å². The molecule has 154 valence electrons. The molecule has 28 heavy (non-hydrogen) atoms. The van der Waals surface area contributed by atoms with Gasteiger partial charge in [0.05, 0.1) is 6.04 Å². The third-order valence-electron chi connectivity index (χ3n) is 6.37. The smallest absolute Gasteiger partial charge is 0.212 e. The first-order chi connectivity index (χ1) is 13.0. The summed E-state index contributed by atoms with van der Waals surface area (Å²) in [5.41, 5.74) is 2.32. The van der Waals surface area contributed by atoms with E-state index in [1.165, 1.54) is 12.1 Å². The third kappa shape index (κ3) is 4.89. The quantitative estimate of drug-likeness (QED) is 0.336. The molecule has 1 aromatic carbocycles. The summed E-state index contributed by atoms with van der Waals surface area (Å²) in [4.78, 5) is 19.1. The van der Waals surface area contributed by atoms with Gasteiger partial charge in [-0.3, -0.25) is 9.79 Å². The van der Waals surface area contributed by atoms with Crippen LogP contribution in [0.1, 0.15) is 72.8 Å². The minimum absolute atomic E-state index is 0.0894. The Bertz CT molecular complexity index is 722. The van der Waals surface area contributed by atoms with Gasteiger partial charge in [0.15, 0.2) is 0 Å². The summed E-state index contributed by atoms with van der Waals surface area (Å²) >= 11 is 0. The molecule has 0 N–H and O–H groups in total. The fourth-order valence-electron chi connectivity index (χ4n) is 4.23. The highest BCUT2D eigenvalue weighted by molar-refractivity contribution is 5.99. The summed E-state index contributed by atoms with van der Waals surface area (Å²) in [5.74, 6) is 0.345. The van der Waals surface area contributed by atoms with Crippen molar-refractivity contribution in [2.24, 2.45) is 16.3 Å². The molecule has 0 bridgehead atoms. The van der Waals surface area contributed by atoms with E-state index in [4.69, 9.17) is 4.99 Å². The number of rotatable bonds is 6. The summed E-state index contributed by atoms with van der Waals surface area (Å²) in [5, 5.41) is 0. The van der Waals surface area contributed by atoms with Crippen molar-refractivity contribution in [1.29, 1.82) is 0 Å². The van der Waals surface area contributed by atoms with Crippen LogP contribution in [0, 0.1) is 17.2 Å². The van der Waals surface area contributed by atoms with E-state index >= 15 is 0 Å². The first kappa shape index (κ1) is 22.3. The lowest BCUT2D eigenvalue weighted by Gasteiger charge is -2.48. The second-order valence-corrected chi connectivity index (χ2v) is 9.36. The highest BCUT2D eigenvalue weighted by Crippen LogP contribution is 2.45. The maximum absolute atomic E-state index is 13.3. The number of nitrogens with zero attached hydrogens (tertiary/aromatic N) is 2. The van der Waals surface area contributed by atoms with E-state index in [9.17, 15) is 9.18 Å². The third-order valence-corrected chi connectivity index (χ3v) is 6.37. The molecule has 0 spiro atoms. The van der Waals surface area contributed by atoms with Gasteiger partial charge in [-0.2, -0.15) is 0 Å². The zero-order valence-corrected chi connectivity index (χ0v) is 18.3. The molecule has 0 aromatic heterocycles. The topological polar surface area (TPSA) is 32.7 Å². The zero-order valence-electron chi connectivity index (χ0n) is 18.3. The normalized spacial score (nSPS) is 24.5. The second-order valence-electron chi connectivity index (χ2n) is 9.36. The molecule has 0 radical (unpaired) electrons. The van der Waals surface area contributed by atoms with Crippen LogP contribution in [-0.4, -0.2) is 28.7 Å². The van der Waals surface area contributed by atoms with Gasteiger partial charge in [-0.1, -0.05) is 45.1 Å². The number of carbonyl (C=O) groups excluding carboxylic acids is 1. The van der Waals surface area contributed by atoms with E-state index in [0.29, 0.717) is 5.92 Å². The van der Waals surface area contributed by atoms with E-state index < -0.39 is 5.66 Å². The van der Waals surface area contributed by atoms with Gasteiger partial charge in [0.2, 0.25) is 6.41 Å². The molecule has 1 aromatic rings. The minimum atomic E-state index is -0.583. The van der Waals surface area contributed by atoms with E-state index in [2.05, 4.69) is 27.4 Å². The Balaban J connectivity index is 2.44.